The van der Waals surface area contributed by atoms with Gasteiger partial charge in [-0.25, -0.2) is 9.17 Å². The number of anilines is 1. The smallest absolute Gasteiger partial charge is 0.372 e. The van der Waals surface area contributed by atoms with Gasteiger partial charge in [0.25, 0.3) is 0 Å². The van der Waals surface area contributed by atoms with E-state index in [2.05, 4.69) is 19.4 Å². The first-order chi connectivity index (χ1) is 10.8. The van der Waals surface area contributed by atoms with E-state index in [1.54, 1.807) is 41.0 Å². The Labute approximate surface area is 134 Å². The summed E-state index contributed by atoms with van der Waals surface area (Å²) < 4.78 is 35.5. The number of aromatic nitrogens is 2. The fourth-order valence-corrected chi connectivity index (χ4v) is 2.02. The monoisotopic (exact) mass is 339 g/mol. The number of likely N-dealkylation sites (N-methyl/N-ethyl adjacent to an activating group) is 1. The fourth-order valence-electron chi connectivity index (χ4n) is 1.74. The third-order valence-corrected chi connectivity index (χ3v) is 3.46. The highest BCUT2D eigenvalue weighted by molar-refractivity contribution is 7.80. The van der Waals surface area contributed by atoms with Crippen LogP contribution in [0.1, 0.15) is 0 Å². The van der Waals surface area contributed by atoms with Crippen LogP contribution in [-0.2, 0) is 21.6 Å². The van der Waals surface area contributed by atoms with E-state index in [1.807, 2.05) is 19.2 Å². The lowest BCUT2D eigenvalue weighted by Gasteiger charge is -2.18. The zero-order chi connectivity index (χ0) is 16.9. The zero-order valence-corrected chi connectivity index (χ0v) is 13.5. The van der Waals surface area contributed by atoms with Gasteiger partial charge in [0.15, 0.2) is 0 Å². The van der Waals surface area contributed by atoms with Crippen LogP contribution in [0.4, 0.5) is 17.3 Å². The molecular weight excluding hydrogens is 322 g/mol. The summed E-state index contributed by atoms with van der Waals surface area (Å²) in [5.41, 5.74) is 1.51. The average molecular weight is 339 g/mol. The molecule has 1 aromatic heterocycles. The molecule has 0 aliphatic heterocycles. The van der Waals surface area contributed by atoms with Crippen molar-refractivity contribution in [3.05, 3.63) is 36.7 Å². The van der Waals surface area contributed by atoms with Crippen LogP contribution in [0.3, 0.4) is 0 Å². The van der Waals surface area contributed by atoms with Gasteiger partial charge in [0, 0.05) is 38.7 Å². The number of aryl methyl sites for hydroxylation is 1. The van der Waals surface area contributed by atoms with E-state index in [0.717, 1.165) is 5.69 Å². The van der Waals surface area contributed by atoms with Crippen molar-refractivity contribution in [3.63, 3.8) is 0 Å². The van der Waals surface area contributed by atoms with E-state index in [4.69, 9.17) is 4.55 Å². The highest BCUT2D eigenvalue weighted by Crippen LogP contribution is 2.20. The van der Waals surface area contributed by atoms with Crippen molar-refractivity contribution in [2.75, 3.05) is 25.1 Å². The lowest BCUT2D eigenvalue weighted by Crippen LogP contribution is -2.23. The van der Waals surface area contributed by atoms with E-state index in [9.17, 15) is 8.42 Å². The predicted molar refractivity (Wildman–Crippen MR) is 84.6 cm³/mol. The Balaban J connectivity index is 1.93. The maximum atomic E-state index is 10.5. The van der Waals surface area contributed by atoms with Crippen LogP contribution < -0.4 is 4.90 Å². The van der Waals surface area contributed by atoms with Crippen molar-refractivity contribution >= 4 is 27.7 Å². The summed E-state index contributed by atoms with van der Waals surface area (Å²) >= 11 is 0. The van der Waals surface area contributed by atoms with Gasteiger partial charge >= 0.3 is 10.4 Å². The van der Waals surface area contributed by atoms with Crippen molar-refractivity contribution in [2.24, 2.45) is 17.3 Å². The molecule has 2 aromatic rings. The normalized spacial score (nSPS) is 12.0. The molecule has 0 amide bonds. The van der Waals surface area contributed by atoms with Gasteiger partial charge in [-0.1, -0.05) is 0 Å². The molecule has 1 N–H and O–H groups in total. The topological polar surface area (TPSA) is 109 Å². The zero-order valence-electron chi connectivity index (χ0n) is 12.7. The van der Waals surface area contributed by atoms with Gasteiger partial charge in [-0.05, 0) is 24.3 Å². The quantitative estimate of drug-likeness (QED) is 0.611. The number of benzene rings is 1. The Morgan fingerprint density at radius 1 is 1.30 bits per heavy atom. The van der Waals surface area contributed by atoms with Crippen molar-refractivity contribution in [3.8, 4) is 0 Å². The van der Waals surface area contributed by atoms with Gasteiger partial charge < -0.3 is 9.47 Å². The number of nitrogens with zero attached hydrogens (tertiary/aromatic N) is 5. The molecule has 1 heterocycles. The van der Waals surface area contributed by atoms with Crippen LogP contribution in [0.5, 0.6) is 0 Å². The third-order valence-electron chi connectivity index (χ3n) is 3.00. The van der Waals surface area contributed by atoms with Crippen LogP contribution in [0.2, 0.25) is 0 Å². The average Bonchev–Trinajstić information content (AvgIpc) is 2.89. The molecule has 0 bridgehead atoms. The molecule has 0 aliphatic rings. The summed E-state index contributed by atoms with van der Waals surface area (Å²) in [6, 6.07) is 7.20. The van der Waals surface area contributed by atoms with Crippen molar-refractivity contribution in [1.29, 1.82) is 0 Å². The van der Waals surface area contributed by atoms with Crippen LogP contribution in [0.15, 0.2) is 46.9 Å². The first-order valence-electron chi connectivity index (χ1n) is 6.67. The maximum absolute atomic E-state index is 10.5. The van der Waals surface area contributed by atoms with Crippen LogP contribution >= 0.6 is 0 Å². The first-order valence-corrected chi connectivity index (χ1v) is 8.04. The van der Waals surface area contributed by atoms with Gasteiger partial charge in [0.2, 0.25) is 5.95 Å². The Hall–Kier alpha value is -2.30. The second-order valence-corrected chi connectivity index (χ2v) is 5.82. The number of rotatable bonds is 7. The first kappa shape index (κ1) is 17.1. The molecule has 9 nitrogen and oxygen atoms in total. The van der Waals surface area contributed by atoms with E-state index in [0.29, 0.717) is 18.2 Å². The summed E-state index contributed by atoms with van der Waals surface area (Å²) in [4.78, 5) is 5.82. The van der Waals surface area contributed by atoms with Gasteiger partial charge in [0.05, 0.1) is 12.3 Å². The van der Waals surface area contributed by atoms with Gasteiger partial charge in [0.1, 0.15) is 0 Å². The molecule has 124 valence electrons. The minimum absolute atomic E-state index is 0.143. The molecule has 0 spiro atoms. The molecule has 0 saturated carbocycles. The molecule has 0 atom stereocenters. The number of hydrogen-bond acceptors (Lipinski definition) is 7. The minimum atomic E-state index is -4.40. The Morgan fingerprint density at radius 2 is 2.00 bits per heavy atom. The summed E-state index contributed by atoms with van der Waals surface area (Å²) in [6.07, 6.45) is 3.42. The van der Waals surface area contributed by atoms with Gasteiger partial charge in [-0.2, -0.15) is 8.42 Å². The van der Waals surface area contributed by atoms with E-state index in [1.165, 1.54) is 0 Å². The van der Waals surface area contributed by atoms with Crippen LogP contribution in [-0.4, -0.2) is 42.7 Å². The summed E-state index contributed by atoms with van der Waals surface area (Å²) in [7, 11) is -0.800. The Kier molecular flexibility index (Phi) is 5.42. The second-order valence-electron chi connectivity index (χ2n) is 4.73. The van der Waals surface area contributed by atoms with Crippen LogP contribution in [0, 0.1) is 0 Å². The predicted octanol–water partition coefficient (Wildman–Crippen LogP) is 2.09. The molecule has 23 heavy (non-hydrogen) atoms. The number of hydrogen-bond donors (Lipinski definition) is 1. The van der Waals surface area contributed by atoms with Crippen molar-refractivity contribution in [2.45, 2.75) is 0 Å². The molecule has 2 rings (SSSR count). The number of imidazole rings is 1. The molecule has 0 unspecified atom stereocenters. The summed E-state index contributed by atoms with van der Waals surface area (Å²) in [5, 5.41) is 8.13. The lowest BCUT2D eigenvalue weighted by molar-refractivity contribution is 0.274. The highest BCUT2D eigenvalue weighted by atomic mass is 32.3. The Bertz CT molecular complexity index is 770. The largest absolute Gasteiger partial charge is 0.397 e. The number of azo groups is 1. The SMILES string of the molecule is CN(CCOS(=O)(=O)O)c1ccc(/N=N\c2nccn2C)cc1. The van der Waals surface area contributed by atoms with Crippen molar-refractivity contribution < 1.29 is 17.2 Å². The van der Waals surface area contributed by atoms with E-state index >= 15 is 0 Å². The molecule has 0 radical (unpaired) electrons. The van der Waals surface area contributed by atoms with Crippen molar-refractivity contribution in [1.82, 2.24) is 9.55 Å². The molecular formula is C13H17N5O4S. The molecule has 1 aromatic carbocycles. The molecule has 10 heteroatoms. The third kappa shape index (κ3) is 5.43. The maximum Gasteiger partial charge on any atom is 0.397 e. The minimum Gasteiger partial charge on any atom is -0.372 e. The van der Waals surface area contributed by atoms with E-state index < -0.39 is 10.4 Å². The second kappa shape index (κ2) is 7.31. The lowest BCUT2D eigenvalue weighted by atomic mass is 10.2. The fraction of sp³-hybridized carbons (Fsp3) is 0.308. The van der Waals surface area contributed by atoms with Gasteiger partial charge in [-0.3, -0.25) is 4.55 Å². The molecule has 0 saturated heterocycles. The summed E-state index contributed by atoms with van der Waals surface area (Å²) in [6.45, 7) is 0.157. The van der Waals surface area contributed by atoms with Crippen LogP contribution in [0.25, 0.3) is 0 Å². The summed E-state index contributed by atoms with van der Waals surface area (Å²) in [5.74, 6) is 0.508. The van der Waals surface area contributed by atoms with Gasteiger partial charge in [-0.15, -0.1) is 10.2 Å². The Morgan fingerprint density at radius 3 is 2.57 bits per heavy atom. The highest BCUT2D eigenvalue weighted by Gasteiger charge is 2.06. The standard InChI is InChI=1S/C13H17N5O4S/c1-17(9-10-22-23(19,20)21)12-5-3-11(4-6-12)15-16-13-14-7-8-18(13)2/h3-8H,9-10H2,1-2H3,(H,19,20,21)/b16-15-. The molecule has 0 aliphatic carbocycles. The van der Waals surface area contributed by atoms with E-state index in [-0.39, 0.29) is 6.61 Å². The molecule has 0 fully saturated rings.